The van der Waals surface area contributed by atoms with E-state index in [9.17, 15) is 27.6 Å². The fraction of sp³-hybridized carbons (Fsp3) is 0.348. The lowest BCUT2D eigenvalue weighted by molar-refractivity contribution is -0.137. The molecular formula is C23H24F3N3O3. The minimum Gasteiger partial charge on any atom is -0.355 e. The lowest BCUT2D eigenvalue weighted by atomic mass is 9.83. The Morgan fingerprint density at radius 3 is 2.44 bits per heavy atom. The van der Waals surface area contributed by atoms with Crippen LogP contribution in [0.25, 0.3) is 0 Å². The summed E-state index contributed by atoms with van der Waals surface area (Å²) < 4.78 is 39.0. The molecule has 0 saturated heterocycles. The fourth-order valence-corrected chi connectivity index (χ4v) is 3.44. The van der Waals surface area contributed by atoms with Crippen LogP contribution in [0.1, 0.15) is 37.8 Å². The van der Waals surface area contributed by atoms with Crippen LogP contribution in [-0.2, 0) is 26.0 Å². The molecule has 0 aromatic heterocycles. The molecule has 0 atom stereocenters. The molecule has 2 aromatic rings. The first-order valence-electron chi connectivity index (χ1n) is 10.1. The average Bonchev–Trinajstić information content (AvgIpc) is 2.75. The van der Waals surface area contributed by atoms with Crippen molar-refractivity contribution in [2.45, 2.75) is 38.3 Å². The third kappa shape index (κ3) is 5.46. The summed E-state index contributed by atoms with van der Waals surface area (Å²) in [6.45, 7) is 3.45. The van der Waals surface area contributed by atoms with Gasteiger partial charge in [-0.05, 0) is 23.8 Å². The van der Waals surface area contributed by atoms with Crippen molar-refractivity contribution in [2.75, 3.05) is 23.3 Å². The Labute approximate surface area is 183 Å². The van der Waals surface area contributed by atoms with E-state index >= 15 is 0 Å². The van der Waals surface area contributed by atoms with E-state index < -0.39 is 23.1 Å². The molecule has 0 aliphatic carbocycles. The van der Waals surface area contributed by atoms with Gasteiger partial charge in [-0.3, -0.25) is 14.4 Å². The number of carbonyl (C=O) groups is 3. The highest BCUT2D eigenvalue weighted by atomic mass is 19.4. The Morgan fingerprint density at radius 1 is 1.03 bits per heavy atom. The molecule has 3 rings (SSSR count). The van der Waals surface area contributed by atoms with Crippen LogP contribution in [0.2, 0.25) is 0 Å². The number of fused-ring (bicyclic) bond motifs is 1. The van der Waals surface area contributed by atoms with Gasteiger partial charge in [0.25, 0.3) is 0 Å². The number of hydrogen-bond acceptors (Lipinski definition) is 3. The zero-order valence-electron chi connectivity index (χ0n) is 17.8. The first-order chi connectivity index (χ1) is 15.0. The molecule has 170 valence electrons. The second-order valence-electron chi connectivity index (χ2n) is 8.28. The highest BCUT2D eigenvalue weighted by molar-refractivity contribution is 6.10. The van der Waals surface area contributed by atoms with Gasteiger partial charge < -0.3 is 15.5 Å². The third-order valence-electron chi connectivity index (χ3n) is 5.34. The summed E-state index contributed by atoms with van der Waals surface area (Å²) in [7, 11) is 0. The minimum atomic E-state index is -4.44. The Morgan fingerprint density at radius 2 is 1.72 bits per heavy atom. The molecule has 32 heavy (non-hydrogen) atoms. The number of para-hydroxylation sites is 2. The van der Waals surface area contributed by atoms with Gasteiger partial charge >= 0.3 is 6.18 Å². The molecule has 2 aromatic carbocycles. The summed E-state index contributed by atoms with van der Waals surface area (Å²) in [6, 6.07) is 11.9. The van der Waals surface area contributed by atoms with E-state index in [4.69, 9.17) is 0 Å². The average molecular weight is 447 g/mol. The first-order valence-corrected chi connectivity index (χ1v) is 10.1. The van der Waals surface area contributed by atoms with Gasteiger partial charge in [-0.1, -0.05) is 44.2 Å². The predicted molar refractivity (Wildman–Crippen MR) is 114 cm³/mol. The normalized spacial score (nSPS) is 13.9. The van der Waals surface area contributed by atoms with Gasteiger partial charge in [0, 0.05) is 24.8 Å². The van der Waals surface area contributed by atoms with Crippen LogP contribution < -0.4 is 15.5 Å². The number of halogens is 3. The Bertz CT molecular complexity index is 1030. The summed E-state index contributed by atoms with van der Waals surface area (Å²) in [5.41, 5.74) is 0.0585. The topological polar surface area (TPSA) is 78.5 Å². The molecule has 1 aliphatic heterocycles. The molecule has 2 N–H and O–H groups in total. The smallest absolute Gasteiger partial charge is 0.355 e. The number of amides is 3. The van der Waals surface area contributed by atoms with E-state index in [1.54, 1.807) is 44.2 Å². The predicted octanol–water partition coefficient (Wildman–Crippen LogP) is 3.86. The molecule has 0 unspecified atom stereocenters. The Hall–Kier alpha value is -3.36. The Balaban J connectivity index is 1.56. The van der Waals surface area contributed by atoms with Crippen molar-refractivity contribution < 1.29 is 27.6 Å². The van der Waals surface area contributed by atoms with Crippen LogP contribution in [0.5, 0.6) is 0 Å². The SMILES string of the molecule is CC(C)(CNC(=O)CCC(=O)N1CC(=O)Nc2ccccc21)c1cccc(C(F)(F)F)c1. The van der Waals surface area contributed by atoms with Crippen molar-refractivity contribution in [1.82, 2.24) is 5.32 Å². The highest BCUT2D eigenvalue weighted by Gasteiger charge is 2.32. The maximum atomic E-state index is 13.0. The number of nitrogens with one attached hydrogen (secondary N) is 2. The summed E-state index contributed by atoms with van der Waals surface area (Å²) in [4.78, 5) is 38.1. The number of anilines is 2. The van der Waals surface area contributed by atoms with Gasteiger partial charge in [0.1, 0.15) is 6.54 Å². The van der Waals surface area contributed by atoms with Gasteiger partial charge in [-0.2, -0.15) is 13.2 Å². The number of hydrogen-bond donors (Lipinski definition) is 2. The van der Waals surface area contributed by atoms with Crippen LogP contribution >= 0.6 is 0 Å². The fourth-order valence-electron chi connectivity index (χ4n) is 3.44. The molecule has 1 aliphatic rings. The Kier molecular flexibility index (Phi) is 6.57. The molecule has 1 heterocycles. The van der Waals surface area contributed by atoms with E-state index in [0.29, 0.717) is 16.9 Å². The van der Waals surface area contributed by atoms with Crippen molar-refractivity contribution in [3.63, 3.8) is 0 Å². The summed E-state index contributed by atoms with van der Waals surface area (Å²) in [6.07, 6.45) is -4.64. The van der Waals surface area contributed by atoms with Crippen molar-refractivity contribution >= 4 is 29.1 Å². The second-order valence-corrected chi connectivity index (χ2v) is 8.28. The standard InChI is InChI=1S/C23H24F3N3O3/c1-22(2,15-6-5-7-16(12-15)23(24,25)26)14-27-19(30)10-11-21(32)29-13-20(31)28-17-8-3-4-9-18(17)29/h3-9,12H,10-11,13-14H2,1-2H3,(H,27,30)(H,28,31). The van der Waals surface area contributed by atoms with Crippen molar-refractivity contribution in [2.24, 2.45) is 0 Å². The number of benzene rings is 2. The minimum absolute atomic E-state index is 0.0994. The molecule has 9 heteroatoms. The molecule has 0 fully saturated rings. The van der Waals surface area contributed by atoms with Gasteiger partial charge in [0.15, 0.2) is 0 Å². The lowest BCUT2D eigenvalue weighted by Gasteiger charge is -2.29. The van der Waals surface area contributed by atoms with Gasteiger partial charge in [0.2, 0.25) is 17.7 Å². The maximum absolute atomic E-state index is 13.0. The molecule has 3 amide bonds. The second kappa shape index (κ2) is 9.02. The quantitative estimate of drug-likeness (QED) is 0.706. The summed E-state index contributed by atoms with van der Waals surface area (Å²) in [5.74, 6) is -1.07. The van der Waals surface area contributed by atoms with E-state index in [0.717, 1.165) is 12.1 Å². The van der Waals surface area contributed by atoms with E-state index in [-0.39, 0.29) is 37.7 Å². The molecule has 0 bridgehead atoms. The van der Waals surface area contributed by atoms with Gasteiger partial charge in [-0.25, -0.2) is 0 Å². The van der Waals surface area contributed by atoms with Crippen LogP contribution in [-0.4, -0.2) is 30.8 Å². The lowest BCUT2D eigenvalue weighted by Crippen LogP contribution is -2.42. The third-order valence-corrected chi connectivity index (χ3v) is 5.34. The van der Waals surface area contributed by atoms with E-state index in [1.807, 2.05) is 0 Å². The zero-order chi connectivity index (χ0) is 23.5. The molecule has 0 spiro atoms. The van der Waals surface area contributed by atoms with E-state index in [1.165, 1.54) is 11.0 Å². The highest BCUT2D eigenvalue weighted by Crippen LogP contribution is 2.33. The van der Waals surface area contributed by atoms with Crippen LogP contribution in [0.15, 0.2) is 48.5 Å². The summed E-state index contributed by atoms with van der Waals surface area (Å²) >= 11 is 0. The van der Waals surface area contributed by atoms with Crippen LogP contribution in [0, 0.1) is 0 Å². The first kappa shape index (κ1) is 23.3. The largest absolute Gasteiger partial charge is 0.416 e. The zero-order valence-corrected chi connectivity index (χ0v) is 17.8. The number of nitrogens with zero attached hydrogens (tertiary/aromatic N) is 1. The van der Waals surface area contributed by atoms with Crippen LogP contribution in [0.3, 0.4) is 0 Å². The maximum Gasteiger partial charge on any atom is 0.416 e. The molecule has 6 nitrogen and oxygen atoms in total. The number of rotatable bonds is 6. The van der Waals surface area contributed by atoms with Gasteiger partial charge in [-0.15, -0.1) is 0 Å². The van der Waals surface area contributed by atoms with Crippen LogP contribution in [0.4, 0.5) is 24.5 Å². The molecule has 0 radical (unpaired) electrons. The summed E-state index contributed by atoms with van der Waals surface area (Å²) in [5, 5.41) is 5.39. The van der Waals surface area contributed by atoms with Gasteiger partial charge in [0.05, 0.1) is 16.9 Å². The molecule has 0 saturated carbocycles. The number of carbonyl (C=O) groups excluding carboxylic acids is 3. The molecular weight excluding hydrogens is 423 g/mol. The van der Waals surface area contributed by atoms with Crippen molar-refractivity contribution in [3.8, 4) is 0 Å². The van der Waals surface area contributed by atoms with Crippen molar-refractivity contribution in [1.29, 1.82) is 0 Å². The monoisotopic (exact) mass is 447 g/mol. The van der Waals surface area contributed by atoms with Crippen molar-refractivity contribution in [3.05, 3.63) is 59.7 Å². The number of alkyl halides is 3. The van der Waals surface area contributed by atoms with E-state index in [2.05, 4.69) is 10.6 Å².